The van der Waals surface area contributed by atoms with Gasteiger partial charge in [-0.1, -0.05) is 0 Å². The molecule has 1 N–H and O–H groups in total. The molecule has 0 aliphatic carbocycles. The van der Waals surface area contributed by atoms with Crippen LogP contribution in [0.5, 0.6) is 11.5 Å². The zero-order valence-corrected chi connectivity index (χ0v) is 16.8. The highest BCUT2D eigenvalue weighted by atomic mass is 16.5. The molecule has 1 aromatic carbocycles. The molecule has 3 unspecified atom stereocenters. The summed E-state index contributed by atoms with van der Waals surface area (Å²) >= 11 is 0. The van der Waals surface area contributed by atoms with Crippen LogP contribution in [0.2, 0.25) is 0 Å². The van der Waals surface area contributed by atoms with E-state index in [1.54, 1.807) is 19.1 Å². The van der Waals surface area contributed by atoms with Gasteiger partial charge in [-0.15, -0.1) is 0 Å². The lowest BCUT2D eigenvalue weighted by Gasteiger charge is -2.37. The SMILES string of the molecule is COc1cc2c(cc1OC)C(CC(=O)O)N(C(=O)CCC1CCC(C)O1)CC2. The van der Waals surface area contributed by atoms with Crippen molar-refractivity contribution < 1.29 is 28.9 Å². The quantitative estimate of drug-likeness (QED) is 0.769. The van der Waals surface area contributed by atoms with Gasteiger partial charge in [0.2, 0.25) is 5.91 Å². The summed E-state index contributed by atoms with van der Waals surface area (Å²) in [6.07, 6.45) is 3.96. The topological polar surface area (TPSA) is 85.3 Å². The highest BCUT2D eigenvalue weighted by Crippen LogP contribution is 2.40. The van der Waals surface area contributed by atoms with Gasteiger partial charge < -0.3 is 24.2 Å². The van der Waals surface area contributed by atoms with Crippen LogP contribution in [0, 0.1) is 0 Å². The zero-order chi connectivity index (χ0) is 20.3. The average Bonchev–Trinajstić information content (AvgIpc) is 3.10. The lowest BCUT2D eigenvalue weighted by Crippen LogP contribution is -2.41. The Morgan fingerprint density at radius 1 is 1.21 bits per heavy atom. The maximum atomic E-state index is 12.9. The van der Waals surface area contributed by atoms with Gasteiger partial charge in [0.1, 0.15) is 0 Å². The molecule has 0 radical (unpaired) electrons. The number of aliphatic carboxylic acids is 1. The summed E-state index contributed by atoms with van der Waals surface area (Å²) in [5, 5.41) is 9.44. The van der Waals surface area contributed by atoms with E-state index in [2.05, 4.69) is 0 Å². The normalized spacial score (nSPS) is 24.0. The molecule has 2 aliphatic rings. The number of carboxylic acids is 1. The van der Waals surface area contributed by atoms with Crippen LogP contribution >= 0.6 is 0 Å². The molecule has 7 heteroatoms. The van der Waals surface area contributed by atoms with Crippen LogP contribution in [0.4, 0.5) is 0 Å². The van der Waals surface area contributed by atoms with Crippen molar-refractivity contribution in [3.8, 4) is 11.5 Å². The number of carbonyl (C=O) groups excluding carboxylic acids is 1. The smallest absolute Gasteiger partial charge is 0.305 e. The number of ether oxygens (including phenoxy) is 3. The molecule has 3 rings (SSSR count). The first kappa shape index (κ1) is 20.5. The second kappa shape index (κ2) is 8.82. The molecule has 2 aliphatic heterocycles. The Labute approximate surface area is 165 Å². The van der Waals surface area contributed by atoms with E-state index in [4.69, 9.17) is 14.2 Å². The molecular weight excluding hydrogens is 362 g/mol. The number of hydrogen-bond acceptors (Lipinski definition) is 5. The fraction of sp³-hybridized carbons (Fsp3) is 0.619. The van der Waals surface area contributed by atoms with Gasteiger partial charge in [0, 0.05) is 13.0 Å². The zero-order valence-electron chi connectivity index (χ0n) is 16.8. The summed E-state index contributed by atoms with van der Waals surface area (Å²) in [5.41, 5.74) is 1.83. The molecule has 3 atom stereocenters. The van der Waals surface area contributed by atoms with Gasteiger partial charge in [-0.05, 0) is 55.9 Å². The fourth-order valence-corrected chi connectivity index (χ4v) is 4.24. The Bertz CT molecular complexity index is 734. The molecule has 1 saturated heterocycles. The van der Waals surface area contributed by atoms with Crippen LogP contribution < -0.4 is 9.47 Å². The average molecular weight is 391 g/mol. The number of fused-ring (bicyclic) bond motifs is 1. The number of nitrogens with zero attached hydrogens (tertiary/aromatic N) is 1. The molecule has 0 aromatic heterocycles. The Morgan fingerprint density at radius 3 is 2.54 bits per heavy atom. The molecule has 2 heterocycles. The Kier molecular flexibility index (Phi) is 6.44. The third-order valence-corrected chi connectivity index (χ3v) is 5.69. The van der Waals surface area contributed by atoms with Crippen LogP contribution in [0.25, 0.3) is 0 Å². The molecule has 1 aromatic rings. The summed E-state index contributed by atoms with van der Waals surface area (Å²) in [7, 11) is 3.12. The van der Waals surface area contributed by atoms with Gasteiger partial charge in [0.15, 0.2) is 11.5 Å². The number of hydrogen-bond donors (Lipinski definition) is 1. The van der Waals surface area contributed by atoms with Crippen LogP contribution in [0.15, 0.2) is 12.1 Å². The molecule has 7 nitrogen and oxygen atoms in total. The van der Waals surface area contributed by atoms with Crippen molar-refractivity contribution >= 4 is 11.9 Å². The first-order valence-electron chi connectivity index (χ1n) is 9.84. The van der Waals surface area contributed by atoms with Gasteiger partial charge in [0.05, 0.1) is 38.9 Å². The summed E-state index contributed by atoms with van der Waals surface area (Å²) in [6.45, 7) is 2.55. The van der Waals surface area contributed by atoms with Gasteiger partial charge >= 0.3 is 5.97 Å². The Morgan fingerprint density at radius 2 is 1.93 bits per heavy atom. The molecule has 1 amide bonds. The number of benzene rings is 1. The van der Waals surface area contributed by atoms with E-state index in [1.165, 1.54) is 0 Å². The van der Waals surface area contributed by atoms with Gasteiger partial charge in [-0.2, -0.15) is 0 Å². The van der Waals surface area contributed by atoms with E-state index in [1.807, 2.05) is 19.1 Å². The molecule has 0 saturated carbocycles. The maximum Gasteiger partial charge on any atom is 0.305 e. The predicted molar refractivity (Wildman–Crippen MR) is 103 cm³/mol. The molecular formula is C21H29NO6. The van der Waals surface area contributed by atoms with Crippen molar-refractivity contribution in [2.75, 3.05) is 20.8 Å². The summed E-state index contributed by atoms with van der Waals surface area (Å²) in [4.78, 5) is 26.2. The molecule has 0 bridgehead atoms. The van der Waals surface area contributed by atoms with Crippen molar-refractivity contribution in [2.45, 2.75) is 63.7 Å². The van der Waals surface area contributed by atoms with E-state index < -0.39 is 12.0 Å². The lowest BCUT2D eigenvalue weighted by atomic mass is 9.89. The minimum absolute atomic E-state index is 0.0187. The molecule has 1 fully saturated rings. The van der Waals surface area contributed by atoms with Gasteiger partial charge in [-0.3, -0.25) is 9.59 Å². The highest BCUT2D eigenvalue weighted by molar-refractivity contribution is 5.78. The minimum atomic E-state index is -0.932. The van der Waals surface area contributed by atoms with E-state index in [9.17, 15) is 14.7 Å². The van der Waals surface area contributed by atoms with Gasteiger partial charge in [0.25, 0.3) is 0 Å². The maximum absolute atomic E-state index is 12.9. The monoisotopic (exact) mass is 391 g/mol. The fourth-order valence-electron chi connectivity index (χ4n) is 4.24. The first-order chi connectivity index (χ1) is 13.4. The summed E-state index contributed by atoms with van der Waals surface area (Å²) in [5.74, 6) is 0.204. The molecule has 28 heavy (non-hydrogen) atoms. The largest absolute Gasteiger partial charge is 0.493 e. The molecule has 154 valence electrons. The number of methoxy groups -OCH3 is 2. The number of amides is 1. The van der Waals surface area contributed by atoms with E-state index in [0.29, 0.717) is 37.3 Å². The summed E-state index contributed by atoms with van der Waals surface area (Å²) in [6, 6.07) is 3.19. The van der Waals surface area contributed by atoms with Crippen LogP contribution in [-0.2, 0) is 20.7 Å². The first-order valence-corrected chi connectivity index (χ1v) is 9.84. The third kappa shape index (κ3) is 4.41. The van der Waals surface area contributed by atoms with Gasteiger partial charge in [-0.25, -0.2) is 0 Å². The van der Waals surface area contributed by atoms with E-state index in [-0.39, 0.29) is 24.5 Å². The van der Waals surface area contributed by atoms with Crippen LogP contribution in [-0.4, -0.2) is 54.9 Å². The van der Waals surface area contributed by atoms with Crippen molar-refractivity contribution in [2.24, 2.45) is 0 Å². The number of carboxylic acid groups (broad SMARTS) is 1. The van der Waals surface area contributed by atoms with Crippen molar-refractivity contribution in [1.29, 1.82) is 0 Å². The van der Waals surface area contributed by atoms with Crippen LogP contribution in [0.3, 0.4) is 0 Å². The number of carbonyl (C=O) groups is 2. The minimum Gasteiger partial charge on any atom is -0.493 e. The predicted octanol–water partition coefficient (Wildman–Crippen LogP) is 2.95. The lowest BCUT2D eigenvalue weighted by molar-refractivity contribution is -0.141. The molecule has 0 spiro atoms. The highest BCUT2D eigenvalue weighted by Gasteiger charge is 2.34. The Hall–Kier alpha value is -2.28. The number of rotatable bonds is 7. The second-order valence-electron chi connectivity index (χ2n) is 7.54. The van der Waals surface area contributed by atoms with E-state index in [0.717, 1.165) is 24.0 Å². The van der Waals surface area contributed by atoms with Crippen LogP contribution in [0.1, 0.15) is 56.2 Å². The third-order valence-electron chi connectivity index (χ3n) is 5.69. The van der Waals surface area contributed by atoms with Crippen molar-refractivity contribution in [1.82, 2.24) is 4.90 Å². The standard InChI is InChI=1S/C21H29NO6/c1-13-4-5-15(28-13)6-7-20(23)22-9-8-14-10-18(26-2)19(27-3)11-16(14)17(22)12-21(24)25/h10-11,13,15,17H,4-9,12H2,1-3H3,(H,24,25). The second-order valence-corrected chi connectivity index (χ2v) is 7.54. The summed E-state index contributed by atoms with van der Waals surface area (Å²) < 4.78 is 16.6. The Balaban J connectivity index is 1.80. The van der Waals surface area contributed by atoms with E-state index >= 15 is 0 Å². The van der Waals surface area contributed by atoms with Crippen molar-refractivity contribution in [3.63, 3.8) is 0 Å². The van der Waals surface area contributed by atoms with Crippen molar-refractivity contribution in [3.05, 3.63) is 23.3 Å².